The van der Waals surface area contributed by atoms with Gasteiger partial charge in [0.1, 0.15) is 5.75 Å². The van der Waals surface area contributed by atoms with Crippen molar-refractivity contribution in [2.24, 2.45) is 0 Å². The number of nitrogens with zero attached hydrogens (tertiary/aromatic N) is 1. The Labute approximate surface area is 123 Å². The Balaban J connectivity index is 2.38. The zero-order valence-electron chi connectivity index (χ0n) is 10.4. The van der Waals surface area contributed by atoms with E-state index in [1.807, 2.05) is 0 Å². The van der Waals surface area contributed by atoms with Gasteiger partial charge in [0, 0.05) is 16.1 Å². The van der Waals surface area contributed by atoms with Crippen LogP contribution in [0.4, 0.5) is 4.79 Å². The second-order valence-electron chi connectivity index (χ2n) is 4.35. The van der Waals surface area contributed by atoms with E-state index in [1.165, 1.54) is 17.0 Å². The molecule has 0 unspecified atom stereocenters. The molecule has 1 fully saturated rings. The number of phenolic OH excluding ortho intramolecular Hbond substituents is 1. The third-order valence-electron chi connectivity index (χ3n) is 2.62. The maximum absolute atomic E-state index is 12.1. The Hall–Kier alpha value is -1.27. The van der Waals surface area contributed by atoms with Crippen molar-refractivity contribution < 1.29 is 14.7 Å². The van der Waals surface area contributed by atoms with Crippen molar-refractivity contribution in [3.8, 4) is 5.75 Å². The summed E-state index contributed by atoms with van der Waals surface area (Å²) in [7, 11) is 0. The van der Waals surface area contributed by atoms with Gasteiger partial charge in [0.25, 0.3) is 11.1 Å². The van der Waals surface area contributed by atoms with Gasteiger partial charge in [-0.05, 0) is 49.9 Å². The highest BCUT2D eigenvalue weighted by atomic mass is 79.9. The van der Waals surface area contributed by atoms with Crippen LogP contribution in [0.5, 0.6) is 5.75 Å². The molecule has 0 radical (unpaired) electrons. The maximum atomic E-state index is 12.1. The normalized spacial score (nSPS) is 17.9. The van der Waals surface area contributed by atoms with Gasteiger partial charge in [0.05, 0.1) is 4.91 Å². The Morgan fingerprint density at radius 3 is 2.63 bits per heavy atom. The predicted molar refractivity (Wildman–Crippen MR) is 78.8 cm³/mol. The van der Waals surface area contributed by atoms with Crippen molar-refractivity contribution in [3.63, 3.8) is 0 Å². The van der Waals surface area contributed by atoms with Crippen LogP contribution in [0.25, 0.3) is 6.08 Å². The molecule has 0 saturated carbocycles. The van der Waals surface area contributed by atoms with Crippen LogP contribution in [0.15, 0.2) is 27.6 Å². The molecular weight excluding hydrogens is 330 g/mol. The van der Waals surface area contributed by atoms with Gasteiger partial charge >= 0.3 is 0 Å². The quantitative estimate of drug-likeness (QED) is 0.835. The van der Waals surface area contributed by atoms with Crippen LogP contribution in [0.3, 0.4) is 0 Å². The highest BCUT2D eigenvalue weighted by Crippen LogP contribution is 2.35. The van der Waals surface area contributed by atoms with Crippen LogP contribution in [-0.4, -0.2) is 27.2 Å². The van der Waals surface area contributed by atoms with E-state index < -0.39 is 0 Å². The lowest BCUT2D eigenvalue weighted by Gasteiger charge is -2.16. The number of imide groups is 1. The van der Waals surface area contributed by atoms with Crippen LogP contribution < -0.4 is 0 Å². The lowest BCUT2D eigenvalue weighted by atomic mass is 10.2. The monoisotopic (exact) mass is 341 g/mol. The van der Waals surface area contributed by atoms with E-state index in [1.54, 1.807) is 26.0 Å². The Morgan fingerprint density at radius 1 is 1.37 bits per heavy atom. The zero-order chi connectivity index (χ0) is 14.2. The summed E-state index contributed by atoms with van der Waals surface area (Å²) < 4.78 is 0.791. The van der Waals surface area contributed by atoms with Gasteiger partial charge in [-0.1, -0.05) is 15.9 Å². The number of carbonyl (C=O) groups excluding carboxylic acids is 2. The fraction of sp³-hybridized carbons (Fsp3) is 0.231. The predicted octanol–water partition coefficient (Wildman–Crippen LogP) is 3.60. The van der Waals surface area contributed by atoms with E-state index in [9.17, 15) is 14.7 Å². The summed E-state index contributed by atoms with van der Waals surface area (Å²) in [5.41, 5.74) is 0.503. The summed E-state index contributed by atoms with van der Waals surface area (Å²) >= 11 is 4.19. The molecule has 0 spiro atoms. The van der Waals surface area contributed by atoms with Crippen LogP contribution >= 0.6 is 27.7 Å². The second-order valence-corrected chi connectivity index (χ2v) is 6.26. The number of hydrogen-bond donors (Lipinski definition) is 1. The van der Waals surface area contributed by atoms with Gasteiger partial charge in [-0.15, -0.1) is 0 Å². The first-order valence-electron chi connectivity index (χ1n) is 5.65. The topological polar surface area (TPSA) is 57.6 Å². The highest BCUT2D eigenvalue weighted by Gasteiger charge is 2.36. The Morgan fingerprint density at radius 2 is 2.05 bits per heavy atom. The van der Waals surface area contributed by atoms with E-state index in [0.717, 1.165) is 16.2 Å². The molecule has 6 heteroatoms. The standard InChI is InChI=1S/C13H12BrNO3S/c1-7(2)15-12(17)11(19-13(15)18)6-8-5-9(14)3-4-10(8)16/h3-7,16H,1-2H3/b11-6+. The summed E-state index contributed by atoms with van der Waals surface area (Å²) in [4.78, 5) is 25.4. The van der Waals surface area contributed by atoms with Crippen molar-refractivity contribution in [3.05, 3.63) is 33.1 Å². The minimum absolute atomic E-state index is 0.0690. The van der Waals surface area contributed by atoms with Crippen molar-refractivity contribution in [2.75, 3.05) is 0 Å². The lowest BCUT2D eigenvalue weighted by Crippen LogP contribution is -2.34. The molecule has 2 rings (SSSR count). The Kier molecular flexibility index (Phi) is 4.01. The Bertz CT molecular complexity index is 583. The SMILES string of the molecule is CC(C)N1C(=O)S/C(=C/c2cc(Br)ccc2O)C1=O. The molecule has 100 valence electrons. The molecule has 1 saturated heterocycles. The molecule has 1 aromatic carbocycles. The first kappa shape index (κ1) is 14.1. The molecule has 1 aromatic rings. The number of carbonyl (C=O) groups is 2. The maximum Gasteiger partial charge on any atom is 0.293 e. The van der Waals surface area contributed by atoms with E-state index >= 15 is 0 Å². The summed E-state index contributed by atoms with van der Waals surface area (Å²) in [6.45, 7) is 3.58. The first-order valence-corrected chi connectivity index (χ1v) is 7.26. The molecule has 1 aliphatic rings. The third-order valence-corrected chi connectivity index (χ3v) is 3.99. The summed E-state index contributed by atoms with van der Waals surface area (Å²) in [6.07, 6.45) is 1.54. The minimum atomic E-state index is -0.315. The first-order chi connectivity index (χ1) is 8.90. The smallest absolute Gasteiger partial charge is 0.293 e. The van der Waals surface area contributed by atoms with Gasteiger partial charge in [0.2, 0.25) is 0 Å². The molecule has 4 nitrogen and oxygen atoms in total. The molecule has 1 heterocycles. The van der Waals surface area contributed by atoms with Crippen molar-refractivity contribution in [1.29, 1.82) is 0 Å². The summed E-state index contributed by atoms with van der Waals surface area (Å²) in [5, 5.41) is 9.46. The van der Waals surface area contributed by atoms with Crippen LogP contribution in [-0.2, 0) is 4.79 Å². The van der Waals surface area contributed by atoms with E-state index in [0.29, 0.717) is 10.5 Å². The summed E-state index contributed by atoms with van der Waals surface area (Å²) in [5.74, 6) is -0.246. The van der Waals surface area contributed by atoms with E-state index in [2.05, 4.69) is 15.9 Å². The molecule has 19 heavy (non-hydrogen) atoms. The molecule has 2 amide bonds. The number of thioether (sulfide) groups is 1. The van der Waals surface area contributed by atoms with Gasteiger partial charge in [0.15, 0.2) is 0 Å². The van der Waals surface area contributed by atoms with Gasteiger partial charge in [-0.2, -0.15) is 0 Å². The number of amides is 2. The molecule has 1 aliphatic heterocycles. The minimum Gasteiger partial charge on any atom is -0.507 e. The lowest BCUT2D eigenvalue weighted by molar-refractivity contribution is -0.123. The van der Waals surface area contributed by atoms with Gasteiger partial charge in [-0.3, -0.25) is 14.5 Å². The van der Waals surface area contributed by atoms with Crippen molar-refractivity contribution in [1.82, 2.24) is 4.90 Å². The fourth-order valence-corrected chi connectivity index (χ4v) is 3.04. The summed E-state index contributed by atoms with van der Waals surface area (Å²) in [6, 6.07) is 4.75. The molecule has 0 aliphatic carbocycles. The van der Waals surface area contributed by atoms with Crippen molar-refractivity contribution in [2.45, 2.75) is 19.9 Å². The number of hydrogen-bond acceptors (Lipinski definition) is 4. The molecular formula is C13H12BrNO3S. The van der Waals surface area contributed by atoms with Crippen LogP contribution in [0.1, 0.15) is 19.4 Å². The van der Waals surface area contributed by atoms with Crippen LogP contribution in [0, 0.1) is 0 Å². The second kappa shape index (κ2) is 5.38. The number of benzene rings is 1. The van der Waals surface area contributed by atoms with Crippen molar-refractivity contribution >= 4 is 44.9 Å². The number of phenols is 1. The average molecular weight is 342 g/mol. The zero-order valence-corrected chi connectivity index (χ0v) is 12.8. The third kappa shape index (κ3) is 2.84. The average Bonchev–Trinajstić information content (AvgIpc) is 2.59. The van der Waals surface area contributed by atoms with Crippen LogP contribution in [0.2, 0.25) is 0 Å². The fourth-order valence-electron chi connectivity index (χ4n) is 1.71. The number of aromatic hydroxyl groups is 1. The molecule has 0 atom stereocenters. The highest BCUT2D eigenvalue weighted by molar-refractivity contribution is 9.10. The van der Waals surface area contributed by atoms with E-state index in [-0.39, 0.29) is 22.9 Å². The van der Waals surface area contributed by atoms with Gasteiger partial charge < -0.3 is 5.11 Å². The molecule has 0 bridgehead atoms. The molecule has 0 aromatic heterocycles. The largest absolute Gasteiger partial charge is 0.507 e. The van der Waals surface area contributed by atoms with Gasteiger partial charge in [-0.25, -0.2) is 0 Å². The number of halogens is 1. The number of rotatable bonds is 2. The molecule has 1 N–H and O–H groups in total. The van der Waals surface area contributed by atoms with E-state index in [4.69, 9.17) is 0 Å².